The van der Waals surface area contributed by atoms with Crippen molar-refractivity contribution in [2.75, 3.05) is 0 Å². The Balaban J connectivity index is 2.61. The van der Waals surface area contributed by atoms with E-state index in [0.29, 0.717) is 0 Å². The molecule has 11 heavy (non-hydrogen) atoms. The van der Waals surface area contributed by atoms with E-state index in [2.05, 4.69) is 11.9 Å². The van der Waals surface area contributed by atoms with E-state index in [4.69, 9.17) is 11.6 Å². The zero-order valence-corrected chi connectivity index (χ0v) is 7.38. The fourth-order valence-corrected chi connectivity index (χ4v) is 1.36. The number of hydrogen-bond acceptors (Lipinski definition) is 1. The van der Waals surface area contributed by atoms with Gasteiger partial charge in [0.25, 0.3) is 0 Å². The molecule has 0 aliphatic carbocycles. The van der Waals surface area contributed by atoms with Gasteiger partial charge in [0.15, 0.2) is 0 Å². The molecular formula is C9H12ClN. The molecule has 0 radical (unpaired) electrons. The van der Waals surface area contributed by atoms with Crippen molar-refractivity contribution in [1.29, 1.82) is 0 Å². The van der Waals surface area contributed by atoms with Crippen LogP contribution in [-0.2, 0) is 0 Å². The van der Waals surface area contributed by atoms with E-state index in [-0.39, 0.29) is 5.38 Å². The minimum atomic E-state index is 0.156. The van der Waals surface area contributed by atoms with Gasteiger partial charge in [-0.1, -0.05) is 13.3 Å². The highest BCUT2D eigenvalue weighted by Crippen LogP contribution is 2.24. The van der Waals surface area contributed by atoms with E-state index in [1.165, 1.54) is 5.56 Å². The minimum absolute atomic E-state index is 0.156. The van der Waals surface area contributed by atoms with Crippen LogP contribution in [0, 0.1) is 0 Å². The fourth-order valence-electron chi connectivity index (χ4n) is 0.992. The summed E-state index contributed by atoms with van der Waals surface area (Å²) >= 11 is 6.08. The highest BCUT2D eigenvalue weighted by atomic mass is 35.5. The summed E-state index contributed by atoms with van der Waals surface area (Å²) in [5.41, 5.74) is 1.17. The first kappa shape index (κ1) is 8.54. The Morgan fingerprint density at radius 2 is 2.09 bits per heavy atom. The molecule has 60 valence electrons. The van der Waals surface area contributed by atoms with Crippen LogP contribution in [0.2, 0.25) is 0 Å². The Kier molecular flexibility index (Phi) is 3.37. The number of nitrogens with zero attached hydrogens (tertiary/aromatic N) is 1. The Bertz CT molecular complexity index is 198. The summed E-state index contributed by atoms with van der Waals surface area (Å²) in [7, 11) is 0. The molecule has 1 aromatic rings. The summed E-state index contributed by atoms with van der Waals surface area (Å²) in [5, 5.41) is 0.156. The van der Waals surface area contributed by atoms with Gasteiger partial charge in [-0.05, 0) is 24.1 Å². The van der Waals surface area contributed by atoms with Crippen LogP contribution >= 0.6 is 11.6 Å². The van der Waals surface area contributed by atoms with Gasteiger partial charge in [-0.25, -0.2) is 0 Å². The molecule has 0 spiro atoms. The van der Waals surface area contributed by atoms with Crippen LogP contribution in [0.15, 0.2) is 24.5 Å². The van der Waals surface area contributed by atoms with E-state index in [9.17, 15) is 0 Å². The predicted molar refractivity (Wildman–Crippen MR) is 47.7 cm³/mol. The second-order valence-electron chi connectivity index (χ2n) is 2.54. The van der Waals surface area contributed by atoms with Gasteiger partial charge in [-0.3, -0.25) is 4.98 Å². The summed E-state index contributed by atoms with van der Waals surface area (Å²) < 4.78 is 0. The molecule has 1 heterocycles. The van der Waals surface area contributed by atoms with Gasteiger partial charge in [-0.15, -0.1) is 11.6 Å². The molecule has 2 heteroatoms. The molecule has 0 N–H and O–H groups in total. The third-order valence-electron chi connectivity index (χ3n) is 1.61. The average molecular weight is 170 g/mol. The van der Waals surface area contributed by atoms with Crippen molar-refractivity contribution >= 4 is 11.6 Å². The smallest absolute Gasteiger partial charge is 0.0586 e. The van der Waals surface area contributed by atoms with Crippen LogP contribution in [0.1, 0.15) is 30.7 Å². The van der Waals surface area contributed by atoms with Crippen molar-refractivity contribution in [3.8, 4) is 0 Å². The zero-order valence-electron chi connectivity index (χ0n) is 6.63. The summed E-state index contributed by atoms with van der Waals surface area (Å²) in [5.74, 6) is 0. The maximum atomic E-state index is 6.08. The van der Waals surface area contributed by atoms with E-state index >= 15 is 0 Å². The first-order valence-electron chi connectivity index (χ1n) is 3.88. The third kappa shape index (κ3) is 2.51. The van der Waals surface area contributed by atoms with Gasteiger partial charge >= 0.3 is 0 Å². The van der Waals surface area contributed by atoms with Crippen LogP contribution in [-0.4, -0.2) is 4.98 Å². The number of pyridine rings is 1. The molecule has 1 atom stereocenters. The SMILES string of the molecule is CCCC(Cl)c1ccncc1. The van der Waals surface area contributed by atoms with E-state index < -0.39 is 0 Å². The Morgan fingerprint density at radius 1 is 1.45 bits per heavy atom. The monoisotopic (exact) mass is 169 g/mol. The Hall–Kier alpha value is -0.560. The van der Waals surface area contributed by atoms with Crippen LogP contribution < -0.4 is 0 Å². The minimum Gasteiger partial charge on any atom is -0.265 e. The molecular weight excluding hydrogens is 158 g/mol. The highest BCUT2D eigenvalue weighted by Gasteiger charge is 2.04. The lowest BCUT2D eigenvalue weighted by Gasteiger charge is -2.06. The van der Waals surface area contributed by atoms with Crippen LogP contribution in [0.25, 0.3) is 0 Å². The Morgan fingerprint density at radius 3 is 2.64 bits per heavy atom. The van der Waals surface area contributed by atoms with Gasteiger partial charge in [0.1, 0.15) is 0 Å². The fraction of sp³-hybridized carbons (Fsp3) is 0.444. The number of hydrogen-bond donors (Lipinski definition) is 0. The molecule has 0 saturated heterocycles. The molecule has 0 fully saturated rings. The lowest BCUT2D eigenvalue weighted by Crippen LogP contribution is -1.88. The Labute approximate surface area is 72.4 Å². The average Bonchev–Trinajstić information content (AvgIpc) is 2.07. The summed E-state index contributed by atoms with van der Waals surface area (Å²) in [6.45, 7) is 2.14. The van der Waals surface area contributed by atoms with Crippen molar-refractivity contribution in [2.24, 2.45) is 0 Å². The number of halogens is 1. The van der Waals surface area contributed by atoms with Crippen LogP contribution in [0.3, 0.4) is 0 Å². The second-order valence-corrected chi connectivity index (χ2v) is 3.06. The van der Waals surface area contributed by atoms with Gasteiger partial charge < -0.3 is 0 Å². The molecule has 0 amide bonds. The molecule has 0 aromatic carbocycles. The van der Waals surface area contributed by atoms with Crippen molar-refractivity contribution < 1.29 is 0 Å². The van der Waals surface area contributed by atoms with Crippen molar-refractivity contribution in [3.05, 3.63) is 30.1 Å². The van der Waals surface area contributed by atoms with E-state index in [1.54, 1.807) is 12.4 Å². The topological polar surface area (TPSA) is 12.9 Å². The maximum absolute atomic E-state index is 6.08. The molecule has 0 aliphatic heterocycles. The van der Waals surface area contributed by atoms with Crippen molar-refractivity contribution in [3.63, 3.8) is 0 Å². The molecule has 0 aliphatic rings. The maximum Gasteiger partial charge on any atom is 0.0586 e. The summed E-state index contributed by atoms with van der Waals surface area (Å²) in [6.07, 6.45) is 5.71. The molecule has 1 unspecified atom stereocenters. The second kappa shape index (κ2) is 4.35. The molecule has 0 saturated carbocycles. The lowest BCUT2D eigenvalue weighted by atomic mass is 10.1. The van der Waals surface area contributed by atoms with Gasteiger partial charge in [-0.2, -0.15) is 0 Å². The number of rotatable bonds is 3. The van der Waals surface area contributed by atoms with E-state index in [1.807, 2.05) is 12.1 Å². The molecule has 1 rings (SSSR count). The zero-order chi connectivity index (χ0) is 8.10. The predicted octanol–water partition coefficient (Wildman–Crippen LogP) is 3.16. The van der Waals surface area contributed by atoms with Gasteiger partial charge in [0.2, 0.25) is 0 Å². The van der Waals surface area contributed by atoms with Crippen LogP contribution in [0.5, 0.6) is 0 Å². The number of aromatic nitrogens is 1. The number of alkyl halides is 1. The van der Waals surface area contributed by atoms with Gasteiger partial charge in [0.05, 0.1) is 5.38 Å². The molecule has 1 aromatic heterocycles. The summed E-state index contributed by atoms with van der Waals surface area (Å²) in [6, 6.07) is 3.93. The third-order valence-corrected chi connectivity index (χ3v) is 2.08. The quantitative estimate of drug-likeness (QED) is 0.634. The lowest BCUT2D eigenvalue weighted by molar-refractivity contribution is 0.769. The highest BCUT2D eigenvalue weighted by molar-refractivity contribution is 6.20. The molecule has 1 nitrogen and oxygen atoms in total. The first-order valence-corrected chi connectivity index (χ1v) is 4.32. The normalized spacial score (nSPS) is 12.9. The molecule has 0 bridgehead atoms. The van der Waals surface area contributed by atoms with E-state index in [0.717, 1.165) is 12.8 Å². The summed E-state index contributed by atoms with van der Waals surface area (Å²) in [4.78, 5) is 3.93. The standard InChI is InChI=1S/C9H12ClN/c1-2-3-9(10)8-4-6-11-7-5-8/h4-7,9H,2-3H2,1H3. The first-order chi connectivity index (χ1) is 5.34. The van der Waals surface area contributed by atoms with Crippen molar-refractivity contribution in [1.82, 2.24) is 4.98 Å². The van der Waals surface area contributed by atoms with Crippen LogP contribution in [0.4, 0.5) is 0 Å². The van der Waals surface area contributed by atoms with Gasteiger partial charge in [0, 0.05) is 12.4 Å². The van der Waals surface area contributed by atoms with Crippen molar-refractivity contribution in [2.45, 2.75) is 25.1 Å². The largest absolute Gasteiger partial charge is 0.265 e.